The van der Waals surface area contributed by atoms with E-state index in [2.05, 4.69) is 132 Å². The Morgan fingerprint density at radius 3 is 1.65 bits per heavy atom. The predicted octanol–water partition coefficient (Wildman–Crippen LogP) is 11.1. The molecule has 0 aliphatic rings. The van der Waals surface area contributed by atoms with E-state index in [1.165, 1.54) is 38.2 Å². The molecule has 4 nitrogen and oxygen atoms in total. The van der Waals surface area contributed by atoms with E-state index in [-0.39, 0.29) is 0 Å². The third-order valence-electron chi connectivity index (χ3n) is 9.19. The van der Waals surface area contributed by atoms with Gasteiger partial charge in [0.2, 0.25) is 0 Å². The summed E-state index contributed by atoms with van der Waals surface area (Å²) in [7, 11) is 0. The number of fused-ring (bicyclic) bond motifs is 9. The van der Waals surface area contributed by atoms with Crippen molar-refractivity contribution in [3.05, 3.63) is 152 Å². The van der Waals surface area contributed by atoms with Crippen LogP contribution < -0.4 is 0 Å². The number of hydrogen-bond donors (Lipinski definition) is 0. The van der Waals surface area contributed by atoms with Crippen molar-refractivity contribution in [2.45, 2.75) is 0 Å². The van der Waals surface area contributed by atoms with E-state index < -0.39 is 0 Å². The maximum absolute atomic E-state index is 6.44. The first-order chi connectivity index (χ1) is 22.8. The number of imidazole rings is 1. The van der Waals surface area contributed by atoms with E-state index in [4.69, 9.17) is 14.4 Å². The largest absolute Gasteiger partial charge is 0.423 e. The highest BCUT2D eigenvalue weighted by atomic mass is 16.4. The molecule has 0 fully saturated rings. The second-order valence-corrected chi connectivity index (χ2v) is 11.8. The fraction of sp³-hybridized carbons (Fsp3) is 0. The Bertz CT molecular complexity index is 2740. The molecule has 0 amide bonds. The van der Waals surface area contributed by atoms with Crippen LogP contribution in [0.2, 0.25) is 0 Å². The summed E-state index contributed by atoms with van der Waals surface area (Å²) >= 11 is 0. The monoisotopic (exact) mass is 587 g/mol. The Morgan fingerprint density at radius 1 is 0.457 bits per heavy atom. The van der Waals surface area contributed by atoms with Gasteiger partial charge in [0.15, 0.2) is 5.58 Å². The Morgan fingerprint density at radius 2 is 1.00 bits per heavy atom. The SMILES string of the molecule is c1ccc(-c2c3ccccc3c(-c3ccc4oc5nc6c7ccccc7nc(-c7ccccc7)c6n5c4c3)c3ccccc23)cc1. The number of aromatic nitrogens is 3. The summed E-state index contributed by atoms with van der Waals surface area (Å²) in [5, 5.41) is 5.90. The van der Waals surface area contributed by atoms with E-state index in [9.17, 15) is 0 Å². The number of rotatable bonds is 3. The van der Waals surface area contributed by atoms with Gasteiger partial charge in [-0.3, -0.25) is 4.40 Å². The third-order valence-corrected chi connectivity index (χ3v) is 9.19. The molecule has 214 valence electrons. The van der Waals surface area contributed by atoms with Gasteiger partial charge in [0.1, 0.15) is 11.0 Å². The first-order valence-corrected chi connectivity index (χ1v) is 15.5. The summed E-state index contributed by atoms with van der Waals surface area (Å²) in [6.07, 6.45) is 0. The maximum atomic E-state index is 6.44. The van der Waals surface area contributed by atoms with Crippen LogP contribution >= 0.6 is 0 Å². The van der Waals surface area contributed by atoms with Gasteiger partial charge in [-0.25, -0.2) is 4.98 Å². The second kappa shape index (κ2) is 9.62. The van der Waals surface area contributed by atoms with E-state index in [1.54, 1.807) is 0 Å². The van der Waals surface area contributed by atoms with Crippen molar-refractivity contribution in [3.63, 3.8) is 0 Å². The van der Waals surface area contributed by atoms with Crippen LogP contribution in [-0.4, -0.2) is 14.4 Å². The van der Waals surface area contributed by atoms with Gasteiger partial charge >= 0.3 is 5.84 Å². The van der Waals surface area contributed by atoms with Crippen LogP contribution in [0.3, 0.4) is 0 Å². The van der Waals surface area contributed by atoms with Crippen molar-refractivity contribution in [1.29, 1.82) is 0 Å². The molecule has 0 unspecified atom stereocenters. The highest BCUT2D eigenvalue weighted by molar-refractivity contribution is 6.21. The first kappa shape index (κ1) is 25.1. The zero-order valence-electron chi connectivity index (χ0n) is 24.7. The predicted molar refractivity (Wildman–Crippen MR) is 189 cm³/mol. The normalized spacial score (nSPS) is 11.9. The smallest absolute Gasteiger partial charge is 0.307 e. The summed E-state index contributed by atoms with van der Waals surface area (Å²) in [5.41, 5.74) is 11.2. The molecule has 0 aliphatic heterocycles. The summed E-state index contributed by atoms with van der Waals surface area (Å²) in [4.78, 5) is 10.3. The zero-order valence-corrected chi connectivity index (χ0v) is 24.7. The number of nitrogens with zero attached hydrogens (tertiary/aromatic N) is 3. The number of hydrogen-bond acceptors (Lipinski definition) is 3. The zero-order chi connectivity index (χ0) is 30.2. The standard InChI is InChI=1S/C42H25N3O/c1-3-13-26(14-4-1)37-29-17-7-9-19-31(29)38(32-20-10-8-18-30(32)37)28-23-24-36-35(25-28)45-41-39(27-15-5-2-6-16-27)43-34-22-12-11-21-33(34)40(41)44-42(45)46-36/h1-25H. The maximum Gasteiger partial charge on any atom is 0.307 e. The number of para-hydroxylation sites is 1. The topological polar surface area (TPSA) is 43.3 Å². The molecule has 0 N–H and O–H groups in total. The molecule has 0 spiro atoms. The lowest BCUT2D eigenvalue weighted by Gasteiger charge is -2.17. The molecular weight excluding hydrogens is 562 g/mol. The first-order valence-electron chi connectivity index (χ1n) is 15.5. The molecule has 0 aliphatic carbocycles. The Labute approximate surface area is 263 Å². The fourth-order valence-corrected chi connectivity index (χ4v) is 7.23. The lowest BCUT2D eigenvalue weighted by molar-refractivity contribution is 0.643. The fourth-order valence-electron chi connectivity index (χ4n) is 7.23. The molecule has 10 aromatic rings. The summed E-state index contributed by atoms with van der Waals surface area (Å²) < 4.78 is 8.60. The van der Waals surface area contributed by atoms with Crippen LogP contribution in [0.15, 0.2) is 156 Å². The summed E-state index contributed by atoms with van der Waals surface area (Å²) in [5.74, 6) is 0.562. The van der Waals surface area contributed by atoms with E-state index in [0.717, 1.165) is 49.9 Å². The van der Waals surface area contributed by atoms with Crippen molar-refractivity contribution in [2.24, 2.45) is 0 Å². The van der Waals surface area contributed by atoms with Gasteiger partial charge in [0, 0.05) is 10.9 Å². The van der Waals surface area contributed by atoms with Gasteiger partial charge in [-0.05, 0) is 62.0 Å². The molecular formula is C42H25N3O. The van der Waals surface area contributed by atoms with E-state index in [0.29, 0.717) is 5.84 Å². The minimum absolute atomic E-state index is 0.562. The van der Waals surface area contributed by atoms with Gasteiger partial charge in [-0.2, -0.15) is 4.98 Å². The molecule has 0 radical (unpaired) electrons. The second-order valence-electron chi connectivity index (χ2n) is 11.8. The van der Waals surface area contributed by atoms with Crippen molar-refractivity contribution >= 4 is 60.4 Å². The highest BCUT2D eigenvalue weighted by Gasteiger charge is 2.22. The highest BCUT2D eigenvalue weighted by Crippen LogP contribution is 2.44. The molecule has 0 bridgehead atoms. The van der Waals surface area contributed by atoms with Crippen LogP contribution in [0.4, 0.5) is 0 Å². The number of oxazole rings is 1. The Kier molecular flexibility index (Phi) is 5.25. The van der Waals surface area contributed by atoms with Crippen molar-refractivity contribution < 1.29 is 4.42 Å². The molecule has 0 saturated carbocycles. The van der Waals surface area contributed by atoms with Crippen LogP contribution in [-0.2, 0) is 0 Å². The van der Waals surface area contributed by atoms with Crippen molar-refractivity contribution in [1.82, 2.24) is 14.4 Å². The van der Waals surface area contributed by atoms with Crippen molar-refractivity contribution in [2.75, 3.05) is 0 Å². The Balaban J connectivity index is 1.32. The van der Waals surface area contributed by atoms with Crippen LogP contribution in [0.25, 0.3) is 93.9 Å². The van der Waals surface area contributed by atoms with Gasteiger partial charge < -0.3 is 4.42 Å². The van der Waals surface area contributed by atoms with E-state index in [1.807, 2.05) is 24.3 Å². The molecule has 7 aromatic carbocycles. The van der Waals surface area contributed by atoms with Crippen LogP contribution in [0.1, 0.15) is 0 Å². The Hall–Kier alpha value is -6.26. The number of pyridine rings is 1. The van der Waals surface area contributed by atoms with E-state index >= 15 is 0 Å². The lowest BCUT2D eigenvalue weighted by Crippen LogP contribution is -1.93. The summed E-state index contributed by atoms with van der Waals surface area (Å²) in [6.45, 7) is 0. The quantitative estimate of drug-likeness (QED) is 0.193. The van der Waals surface area contributed by atoms with Crippen molar-refractivity contribution in [3.8, 4) is 33.5 Å². The van der Waals surface area contributed by atoms with Gasteiger partial charge in [0.25, 0.3) is 0 Å². The summed E-state index contributed by atoms with van der Waals surface area (Å²) in [6, 6.07) is 53.3. The molecule has 46 heavy (non-hydrogen) atoms. The molecule has 3 aromatic heterocycles. The average molecular weight is 588 g/mol. The van der Waals surface area contributed by atoms with Gasteiger partial charge in [-0.1, -0.05) is 133 Å². The molecule has 10 rings (SSSR count). The third kappa shape index (κ3) is 3.55. The molecule has 4 heteroatoms. The van der Waals surface area contributed by atoms with Crippen LogP contribution in [0.5, 0.6) is 0 Å². The minimum Gasteiger partial charge on any atom is -0.423 e. The van der Waals surface area contributed by atoms with Crippen LogP contribution in [0, 0.1) is 0 Å². The molecule has 0 saturated heterocycles. The molecule has 3 heterocycles. The lowest BCUT2D eigenvalue weighted by atomic mass is 9.86. The average Bonchev–Trinajstić information content (AvgIpc) is 3.67. The van der Waals surface area contributed by atoms with Gasteiger partial charge in [0.05, 0.1) is 16.7 Å². The minimum atomic E-state index is 0.562. The van der Waals surface area contributed by atoms with Gasteiger partial charge in [-0.15, -0.1) is 0 Å². The number of benzene rings is 7. The molecule has 0 atom stereocenters.